The summed E-state index contributed by atoms with van der Waals surface area (Å²) in [6, 6.07) is 7.66. The molecule has 2 N–H and O–H groups in total. The van der Waals surface area contributed by atoms with Crippen LogP contribution < -0.4 is 4.90 Å². The fourth-order valence-corrected chi connectivity index (χ4v) is 8.14. The van der Waals surface area contributed by atoms with E-state index in [1.165, 1.54) is 13.8 Å². The van der Waals surface area contributed by atoms with Gasteiger partial charge in [0.1, 0.15) is 0 Å². The van der Waals surface area contributed by atoms with Crippen molar-refractivity contribution in [1.29, 1.82) is 0 Å². The summed E-state index contributed by atoms with van der Waals surface area (Å²) in [6.45, 7) is 6.77. The minimum atomic E-state index is -4.79. The van der Waals surface area contributed by atoms with Gasteiger partial charge in [-0.1, -0.05) is 23.4 Å². The second-order valence-electron chi connectivity index (χ2n) is 15.6. The van der Waals surface area contributed by atoms with Gasteiger partial charge in [-0.25, -0.2) is 4.39 Å². The van der Waals surface area contributed by atoms with Crippen LogP contribution in [0.3, 0.4) is 0 Å². The molecular weight excluding hydrogens is 602 g/mol. The fourth-order valence-electron chi connectivity index (χ4n) is 8.14. The van der Waals surface area contributed by atoms with Gasteiger partial charge in [0.2, 0.25) is 5.91 Å². The highest BCUT2D eigenvalue weighted by molar-refractivity contribution is 5.96. The first-order valence-electron chi connectivity index (χ1n) is 16.5. The van der Waals surface area contributed by atoms with Crippen molar-refractivity contribution in [2.75, 3.05) is 11.4 Å². The van der Waals surface area contributed by atoms with Crippen LogP contribution in [0.25, 0.3) is 5.57 Å². The number of aliphatic hydroxyl groups is 2. The van der Waals surface area contributed by atoms with E-state index in [0.717, 1.165) is 68.9 Å². The van der Waals surface area contributed by atoms with Crippen molar-refractivity contribution in [2.24, 2.45) is 17.3 Å². The van der Waals surface area contributed by atoms with Crippen LogP contribution in [0, 0.1) is 17.3 Å². The molecule has 2 aromatic rings. The number of nitrogens with zero attached hydrogens (tertiary/aromatic N) is 3. The molecule has 11 heteroatoms. The number of anilines is 1. The van der Waals surface area contributed by atoms with Crippen LogP contribution in [0.2, 0.25) is 0 Å². The molecule has 0 spiro atoms. The Hall–Kier alpha value is -2.79. The monoisotopic (exact) mass is 647 g/mol. The zero-order chi connectivity index (χ0) is 33.3. The number of rotatable bonds is 8. The number of carbonyl (C=O) groups excluding carboxylic acids is 1. The van der Waals surface area contributed by atoms with E-state index in [2.05, 4.69) is 16.2 Å². The van der Waals surface area contributed by atoms with Crippen molar-refractivity contribution in [3.05, 3.63) is 47.6 Å². The summed E-state index contributed by atoms with van der Waals surface area (Å²) < 4.78 is 60.3. The maximum absolute atomic E-state index is 14.5. The van der Waals surface area contributed by atoms with E-state index >= 15 is 0 Å². The summed E-state index contributed by atoms with van der Waals surface area (Å²) >= 11 is 0. The standard InChI is InChI=1S/C35H45F4N3O4/c1-30(2,36)29-40-28(41-46-29)33-15-12-32(13-16-33,14-17-33)21-42(27(43)24-19-34(45,20-24)35(37,38)39)26-7-5-6-23(18-26)22-8-10-25(11-9-22)31(3,4)44/h5-8,18,24-25,44-45H,9-17,19-21H2,1-4H3. The van der Waals surface area contributed by atoms with Gasteiger partial charge in [0.15, 0.2) is 17.1 Å². The molecule has 1 heterocycles. The lowest BCUT2D eigenvalue weighted by molar-refractivity contribution is -0.295. The lowest BCUT2D eigenvalue weighted by Gasteiger charge is -2.54. The predicted octanol–water partition coefficient (Wildman–Crippen LogP) is 7.56. The Labute approximate surface area is 267 Å². The Balaban J connectivity index is 1.25. The average Bonchev–Trinajstić information content (AvgIpc) is 3.51. The van der Waals surface area contributed by atoms with Gasteiger partial charge in [-0.05, 0) is 133 Å². The minimum absolute atomic E-state index is 0.0427. The number of allylic oxidation sites excluding steroid dienone is 2. The summed E-state index contributed by atoms with van der Waals surface area (Å²) in [5, 5.41) is 24.8. The lowest BCUT2D eigenvalue weighted by Crippen LogP contribution is -2.60. The van der Waals surface area contributed by atoms with E-state index in [-0.39, 0.29) is 22.6 Å². The maximum atomic E-state index is 14.5. The average molecular weight is 648 g/mol. The number of aromatic nitrogens is 2. The molecular formula is C35H45F4N3O4. The third kappa shape index (κ3) is 6.02. The Bertz CT molecular complexity index is 1470. The Morgan fingerprint density at radius 2 is 1.70 bits per heavy atom. The Morgan fingerprint density at radius 1 is 1.04 bits per heavy atom. The molecule has 1 unspecified atom stereocenters. The van der Waals surface area contributed by atoms with Gasteiger partial charge in [-0.3, -0.25) is 4.79 Å². The van der Waals surface area contributed by atoms with Crippen LogP contribution in [0.15, 0.2) is 34.9 Å². The van der Waals surface area contributed by atoms with Crippen molar-refractivity contribution < 1.29 is 37.1 Å². The molecule has 1 amide bonds. The van der Waals surface area contributed by atoms with Gasteiger partial charge in [0.05, 0.1) is 5.60 Å². The largest absolute Gasteiger partial charge is 0.417 e. The van der Waals surface area contributed by atoms with E-state index in [1.54, 1.807) is 4.90 Å². The summed E-state index contributed by atoms with van der Waals surface area (Å²) in [5.41, 5.74) is -3.20. The predicted molar refractivity (Wildman–Crippen MR) is 164 cm³/mol. The summed E-state index contributed by atoms with van der Waals surface area (Å²) in [6.07, 6.45) is 2.93. The molecule has 4 fully saturated rings. The van der Waals surface area contributed by atoms with Crippen LogP contribution in [-0.2, 0) is 15.9 Å². The molecule has 2 bridgehead atoms. The van der Waals surface area contributed by atoms with Gasteiger partial charge in [-0.15, -0.1) is 0 Å². The number of carbonyl (C=O) groups is 1. The second-order valence-corrected chi connectivity index (χ2v) is 15.6. The highest BCUT2D eigenvalue weighted by Gasteiger charge is 2.63. The van der Waals surface area contributed by atoms with Crippen molar-refractivity contribution in [1.82, 2.24) is 10.1 Å². The molecule has 5 aliphatic carbocycles. The summed E-state index contributed by atoms with van der Waals surface area (Å²) in [5.74, 6) is -0.693. The van der Waals surface area contributed by atoms with E-state index < -0.39 is 47.7 Å². The quantitative estimate of drug-likeness (QED) is 0.287. The van der Waals surface area contributed by atoms with E-state index in [9.17, 15) is 32.6 Å². The van der Waals surface area contributed by atoms with E-state index in [4.69, 9.17) is 4.52 Å². The summed E-state index contributed by atoms with van der Waals surface area (Å²) in [4.78, 5) is 20.1. The van der Waals surface area contributed by atoms with Crippen LogP contribution in [0.4, 0.5) is 23.2 Å². The molecule has 0 radical (unpaired) electrons. The normalized spacial score (nSPS) is 31.7. The number of fused-ring (bicyclic) bond motifs is 3. The lowest BCUT2D eigenvalue weighted by atomic mass is 9.53. The first kappa shape index (κ1) is 33.1. The van der Waals surface area contributed by atoms with Gasteiger partial charge in [0, 0.05) is 23.6 Å². The highest BCUT2D eigenvalue weighted by atomic mass is 19.4. The van der Waals surface area contributed by atoms with Crippen LogP contribution >= 0.6 is 0 Å². The van der Waals surface area contributed by atoms with E-state index in [0.29, 0.717) is 18.1 Å². The molecule has 0 saturated heterocycles. The van der Waals surface area contributed by atoms with Crippen molar-refractivity contribution in [3.8, 4) is 0 Å². The van der Waals surface area contributed by atoms with Crippen LogP contribution in [0.1, 0.15) is 116 Å². The second kappa shape index (κ2) is 11.1. The molecule has 5 aliphatic rings. The van der Waals surface area contributed by atoms with Gasteiger partial charge in [0.25, 0.3) is 5.89 Å². The zero-order valence-electron chi connectivity index (χ0n) is 27.1. The molecule has 0 aliphatic heterocycles. The molecule has 252 valence electrons. The Kier molecular flexibility index (Phi) is 8.02. The number of hydrogen-bond acceptors (Lipinski definition) is 6. The third-order valence-corrected chi connectivity index (χ3v) is 11.6. The first-order chi connectivity index (χ1) is 21.3. The van der Waals surface area contributed by atoms with E-state index in [1.807, 2.05) is 38.1 Å². The van der Waals surface area contributed by atoms with Crippen molar-refractivity contribution >= 4 is 17.2 Å². The number of hydrogen-bond donors (Lipinski definition) is 2. The molecule has 1 atom stereocenters. The smallest absolute Gasteiger partial charge is 0.390 e. The molecule has 1 aromatic carbocycles. The Morgan fingerprint density at radius 3 is 2.22 bits per heavy atom. The number of halogens is 4. The topological polar surface area (TPSA) is 99.7 Å². The summed E-state index contributed by atoms with van der Waals surface area (Å²) in [7, 11) is 0. The SMILES string of the molecule is CC(C)(F)c1nc(C23CCC(CN(C(=O)C4CC(O)(C(F)(F)F)C4)c4cccc(C5=CCC(C(C)(C)O)CC5)c4)(CC2)CC3)no1. The van der Waals surface area contributed by atoms with Gasteiger partial charge in [-0.2, -0.15) is 18.2 Å². The minimum Gasteiger partial charge on any atom is -0.390 e. The maximum Gasteiger partial charge on any atom is 0.417 e. The number of alkyl halides is 4. The molecule has 46 heavy (non-hydrogen) atoms. The molecule has 7 nitrogen and oxygen atoms in total. The van der Waals surface area contributed by atoms with Crippen LogP contribution in [-0.4, -0.2) is 50.2 Å². The molecule has 4 saturated carbocycles. The molecule has 1 aromatic heterocycles. The number of benzene rings is 1. The first-order valence-corrected chi connectivity index (χ1v) is 16.5. The molecule has 7 rings (SSSR count). The highest BCUT2D eigenvalue weighted by Crippen LogP contribution is 2.58. The van der Waals surface area contributed by atoms with Crippen molar-refractivity contribution in [3.63, 3.8) is 0 Å². The van der Waals surface area contributed by atoms with Crippen molar-refractivity contribution in [2.45, 2.75) is 127 Å². The number of amides is 1. The van der Waals surface area contributed by atoms with Gasteiger partial charge < -0.3 is 19.6 Å². The van der Waals surface area contributed by atoms with Crippen LogP contribution in [0.5, 0.6) is 0 Å². The zero-order valence-corrected chi connectivity index (χ0v) is 27.1. The fraction of sp³-hybridized carbons (Fsp3) is 0.686. The van der Waals surface area contributed by atoms with Gasteiger partial charge >= 0.3 is 6.18 Å². The third-order valence-electron chi connectivity index (χ3n) is 11.6.